The molecule has 2 N–H and O–H groups in total. The molecule has 0 saturated carbocycles. The summed E-state index contributed by atoms with van der Waals surface area (Å²) in [5, 5.41) is 14.0. The molecule has 68 valence electrons. The van der Waals surface area contributed by atoms with Crippen LogP contribution in [0.15, 0.2) is 15.9 Å². The van der Waals surface area contributed by atoms with E-state index in [1.54, 1.807) is 11.3 Å². The fourth-order valence-electron chi connectivity index (χ4n) is 0.783. The van der Waals surface area contributed by atoms with E-state index in [2.05, 4.69) is 21.2 Å². The molecule has 0 unspecified atom stereocenters. The first kappa shape index (κ1) is 10.2. The first-order valence-electron chi connectivity index (χ1n) is 3.80. The van der Waals surface area contributed by atoms with E-state index >= 15 is 0 Å². The number of nitrogens with one attached hydrogen (secondary N) is 1. The number of aliphatic hydroxyl groups excluding tert-OH is 1. The zero-order valence-electron chi connectivity index (χ0n) is 6.88. The molecule has 0 radical (unpaired) electrons. The van der Waals surface area contributed by atoms with Gasteiger partial charge >= 0.3 is 0 Å². The molecule has 1 aromatic rings. The van der Waals surface area contributed by atoms with Crippen LogP contribution in [0.25, 0.3) is 0 Å². The Morgan fingerprint density at radius 3 is 3.00 bits per heavy atom. The van der Waals surface area contributed by atoms with Gasteiger partial charge in [-0.2, -0.15) is 0 Å². The molecule has 0 aliphatic carbocycles. The molecule has 0 fully saturated rings. The smallest absolute Gasteiger partial charge is 0.0582 e. The van der Waals surface area contributed by atoms with Crippen molar-refractivity contribution in [2.24, 2.45) is 0 Å². The predicted octanol–water partition coefficient (Wildman–Crippen LogP) is 1.98. The average molecular weight is 250 g/mol. The van der Waals surface area contributed by atoms with Crippen LogP contribution in [0.5, 0.6) is 0 Å². The fraction of sp³-hybridized carbons (Fsp3) is 0.500. The van der Waals surface area contributed by atoms with Crippen molar-refractivity contribution in [1.82, 2.24) is 5.32 Å². The lowest BCUT2D eigenvalue weighted by molar-refractivity contribution is 0.251. The molecule has 0 aliphatic heterocycles. The van der Waals surface area contributed by atoms with E-state index in [9.17, 15) is 0 Å². The van der Waals surface area contributed by atoms with Gasteiger partial charge in [-0.25, -0.2) is 0 Å². The quantitative estimate of drug-likeness (QED) is 0.856. The van der Waals surface area contributed by atoms with Crippen LogP contribution in [-0.4, -0.2) is 17.8 Å². The molecule has 0 amide bonds. The molecule has 0 spiro atoms. The Balaban J connectivity index is 2.38. The van der Waals surface area contributed by atoms with E-state index in [1.807, 2.05) is 18.4 Å². The third-order valence-electron chi connectivity index (χ3n) is 1.58. The van der Waals surface area contributed by atoms with Crippen molar-refractivity contribution in [2.75, 3.05) is 6.61 Å². The van der Waals surface area contributed by atoms with Crippen molar-refractivity contribution < 1.29 is 5.11 Å². The number of hydrogen-bond donors (Lipinski definition) is 2. The third-order valence-corrected chi connectivity index (χ3v) is 3.50. The Kier molecular flexibility index (Phi) is 4.21. The molecular weight excluding hydrogens is 238 g/mol. The summed E-state index contributed by atoms with van der Waals surface area (Å²) in [5.41, 5.74) is 0. The minimum absolute atomic E-state index is 0.166. The van der Waals surface area contributed by atoms with Crippen LogP contribution in [0, 0.1) is 0 Å². The second-order valence-electron chi connectivity index (χ2n) is 2.66. The number of rotatable bonds is 4. The highest BCUT2D eigenvalue weighted by Gasteiger charge is 2.02. The van der Waals surface area contributed by atoms with E-state index in [0.717, 1.165) is 11.0 Å². The van der Waals surface area contributed by atoms with E-state index in [-0.39, 0.29) is 12.6 Å². The summed E-state index contributed by atoms with van der Waals surface area (Å²) in [6, 6.07) is 2.20. The van der Waals surface area contributed by atoms with Gasteiger partial charge in [-0.05, 0) is 34.3 Å². The summed E-state index contributed by atoms with van der Waals surface area (Å²) < 4.78 is 1.14. The average Bonchev–Trinajstić information content (AvgIpc) is 2.47. The van der Waals surface area contributed by atoms with Gasteiger partial charge in [0, 0.05) is 21.9 Å². The van der Waals surface area contributed by atoms with Crippen molar-refractivity contribution in [1.29, 1.82) is 0 Å². The highest BCUT2D eigenvalue weighted by atomic mass is 79.9. The molecule has 1 rings (SSSR count). The van der Waals surface area contributed by atoms with Gasteiger partial charge in [0.2, 0.25) is 0 Å². The Morgan fingerprint density at radius 1 is 1.75 bits per heavy atom. The Hall–Kier alpha value is 0.100. The molecule has 2 nitrogen and oxygen atoms in total. The van der Waals surface area contributed by atoms with Crippen LogP contribution >= 0.6 is 27.3 Å². The highest BCUT2D eigenvalue weighted by Crippen LogP contribution is 2.22. The van der Waals surface area contributed by atoms with Crippen LogP contribution in [0.3, 0.4) is 0 Å². The predicted molar refractivity (Wildman–Crippen MR) is 55.4 cm³/mol. The van der Waals surface area contributed by atoms with E-state index < -0.39 is 0 Å². The Labute approximate surface area is 84.7 Å². The van der Waals surface area contributed by atoms with Crippen LogP contribution in [-0.2, 0) is 6.54 Å². The summed E-state index contributed by atoms with van der Waals surface area (Å²) in [5.74, 6) is 0. The normalized spacial score (nSPS) is 13.2. The van der Waals surface area contributed by atoms with Crippen LogP contribution in [0.4, 0.5) is 0 Å². The summed E-state index contributed by atoms with van der Waals surface area (Å²) in [4.78, 5) is 1.27. The largest absolute Gasteiger partial charge is 0.395 e. The van der Waals surface area contributed by atoms with E-state index in [0.29, 0.717) is 0 Å². The molecule has 0 aliphatic rings. The van der Waals surface area contributed by atoms with Gasteiger partial charge in [0.1, 0.15) is 0 Å². The molecule has 0 saturated heterocycles. The van der Waals surface area contributed by atoms with Crippen molar-refractivity contribution >= 4 is 27.3 Å². The number of halogens is 1. The first-order chi connectivity index (χ1) is 5.74. The Morgan fingerprint density at radius 2 is 2.50 bits per heavy atom. The van der Waals surface area contributed by atoms with Crippen LogP contribution < -0.4 is 5.32 Å². The molecular formula is C8H12BrNOS. The van der Waals surface area contributed by atoms with Gasteiger partial charge in [-0.3, -0.25) is 0 Å². The second-order valence-corrected chi connectivity index (χ2v) is 4.51. The van der Waals surface area contributed by atoms with Gasteiger partial charge in [0.25, 0.3) is 0 Å². The summed E-state index contributed by atoms with van der Waals surface area (Å²) in [6.07, 6.45) is 0. The molecule has 1 heterocycles. The number of aliphatic hydroxyl groups is 1. The van der Waals surface area contributed by atoms with Gasteiger partial charge in [0.15, 0.2) is 0 Å². The van der Waals surface area contributed by atoms with Gasteiger partial charge in [0.05, 0.1) is 6.61 Å². The molecule has 4 heteroatoms. The van der Waals surface area contributed by atoms with Crippen molar-refractivity contribution in [2.45, 2.75) is 19.5 Å². The fourth-order valence-corrected chi connectivity index (χ4v) is 2.23. The summed E-state index contributed by atoms with van der Waals surface area (Å²) >= 11 is 5.16. The zero-order valence-corrected chi connectivity index (χ0v) is 9.28. The van der Waals surface area contributed by atoms with Crippen molar-refractivity contribution in [3.8, 4) is 0 Å². The van der Waals surface area contributed by atoms with Gasteiger partial charge < -0.3 is 10.4 Å². The SMILES string of the molecule is C[C@H](CO)NCc1sccc1Br. The lowest BCUT2D eigenvalue weighted by Gasteiger charge is -2.09. The highest BCUT2D eigenvalue weighted by molar-refractivity contribution is 9.10. The molecule has 0 bridgehead atoms. The minimum Gasteiger partial charge on any atom is -0.395 e. The van der Waals surface area contributed by atoms with E-state index in [1.165, 1.54) is 4.88 Å². The van der Waals surface area contributed by atoms with Crippen LogP contribution in [0.1, 0.15) is 11.8 Å². The second kappa shape index (κ2) is 4.97. The third kappa shape index (κ3) is 2.86. The van der Waals surface area contributed by atoms with Crippen molar-refractivity contribution in [3.05, 3.63) is 20.8 Å². The Bertz CT molecular complexity index is 239. The summed E-state index contributed by atoms with van der Waals surface area (Å²) in [6.45, 7) is 2.96. The van der Waals surface area contributed by atoms with Gasteiger partial charge in [-0.1, -0.05) is 0 Å². The maximum absolute atomic E-state index is 8.76. The topological polar surface area (TPSA) is 32.3 Å². The monoisotopic (exact) mass is 249 g/mol. The summed E-state index contributed by atoms with van der Waals surface area (Å²) in [7, 11) is 0. The first-order valence-corrected chi connectivity index (χ1v) is 5.47. The lowest BCUT2D eigenvalue weighted by atomic mass is 10.3. The molecule has 1 aromatic heterocycles. The molecule has 1 atom stereocenters. The van der Waals surface area contributed by atoms with E-state index in [4.69, 9.17) is 5.11 Å². The zero-order chi connectivity index (χ0) is 8.97. The maximum Gasteiger partial charge on any atom is 0.0582 e. The van der Waals surface area contributed by atoms with Crippen LogP contribution in [0.2, 0.25) is 0 Å². The molecule has 0 aromatic carbocycles. The van der Waals surface area contributed by atoms with Gasteiger partial charge in [-0.15, -0.1) is 11.3 Å². The minimum atomic E-state index is 0.166. The van der Waals surface area contributed by atoms with Crippen molar-refractivity contribution in [3.63, 3.8) is 0 Å². The number of thiophene rings is 1. The lowest BCUT2D eigenvalue weighted by Crippen LogP contribution is -2.28. The standard InChI is InChI=1S/C8H12BrNOS/c1-6(5-11)10-4-8-7(9)2-3-12-8/h2-3,6,10-11H,4-5H2,1H3/t6-/m1/s1. The molecule has 12 heavy (non-hydrogen) atoms. The maximum atomic E-state index is 8.76. The number of hydrogen-bond acceptors (Lipinski definition) is 3.